The third-order valence-corrected chi connectivity index (χ3v) is 11.9. The first-order valence-electron chi connectivity index (χ1n) is 20.9. The normalized spacial score (nSPS) is 11.2. The molecule has 316 valence electrons. The summed E-state index contributed by atoms with van der Waals surface area (Å²) in [5, 5.41) is 88.9. The molecule has 8 aromatic rings. The zero-order chi connectivity index (χ0) is 44.0. The van der Waals surface area contributed by atoms with Gasteiger partial charge in [0.2, 0.25) is 0 Å². The maximum Gasteiger partial charge on any atom is 0.122 e. The van der Waals surface area contributed by atoms with Crippen LogP contribution in [0.4, 0.5) is 0 Å². The molecule has 0 aliphatic heterocycles. The van der Waals surface area contributed by atoms with Gasteiger partial charge in [0.05, 0.1) is 0 Å². The van der Waals surface area contributed by atoms with Crippen molar-refractivity contribution in [2.24, 2.45) is 0 Å². The van der Waals surface area contributed by atoms with E-state index >= 15 is 0 Å². The lowest BCUT2D eigenvalue weighted by molar-refractivity contribution is 0.452. The van der Waals surface area contributed by atoms with E-state index in [1.165, 1.54) is 0 Å². The summed E-state index contributed by atoms with van der Waals surface area (Å²) in [6.07, 6.45) is 1.93. The Morgan fingerprint density at radius 1 is 0.175 bits per heavy atom. The summed E-state index contributed by atoms with van der Waals surface area (Å²) in [5.74, 6) is 0.778. The molecule has 0 aromatic heterocycles. The molecular weight excluding hydrogens is 789 g/mol. The van der Waals surface area contributed by atoms with Crippen LogP contribution in [0.3, 0.4) is 0 Å². The molecular formula is C55H48O8. The molecule has 0 saturated carbocycles. The van der Waals surface area contributed by atoms with Gasteiger partial charge in [-0.15, -0.1) is 0 Å². The second kappa shape index (κ2) is 18.4. The van der Waals surface area contributed by atoms with Crippen molar-refractivity contribution in [3.63, 3.8) is 0 Å². The molecule has 0 aliphatic carbocycles. The second-order valence-corrected chi connectivity index (χ2v) is 16.0. The number of aromatic hydroxyl groups is 8. The van der Waals surface area contributed by atoms with Crippen LogP contribution < -0.4 is 0 Å². The molecule has 0 saturated heterocycles. The third-order valence-electron chi connectivity index (χ3n) is 11.9. The van der Waals surface area contributed by atoms with Gasteiger partial charge in [-0.3, -0.25) is 0 Å². The summed E-state index contributed by atoms with van der Waals surface area (Å²) in [5.41, 5.74) is 8.80. The largest absolute Gasteiger partial charge is 0.508 e. The van der Waals surface area contributed by atoms with Crippen LogP contribution in [0.15, 0.2) is 158 Å². The summed E-state index contributed by atoms with van der Waals surface area (Å²) < 4.78 is 0. The average Bonchev–Trinajstić information content (AvgIpc) is 3.27. The Morgan fingerprint density at radius 2 is 0.317 bits per heavy atom. The average molecular weight is 837 g/mol. The molecule has 0 bridgehead atoms. The quantitative estimate of drug-likeness (QED) is 0.0537. The van der Waals surface area contributed by atoms with Crippen molar-refractivity contribution in [2.75, 3.05) is 0 Å². The first-order chi connectivity index (χ1) is 30.5. The standard InChI is InChI=1S/C55H48O8/c56-48-25-3-1-11-34(48)27-36-13-5-15-38(50(36)58)29-40-17-7-19-42(52(40)60)31-44-21-9-23-46(54(44)62)33-47-24-10-22-45(55(47)63)32-43-20-8-18-41(53(43)61)30-39-16-6-14-37(51(39)59)28-35-12-2-4-26-49(35)57/h1-26,56-63H,27-33H2. The maximum absolute atomic E-state index is 11.5. The number of phenolic OH excluding ortho intramolecular Hbond substituents is 8. The van der Waals surface area contributed by atoms with E-state index in [4.69, 9.17) is 0 Å². The van der Waals surface area contributed by atoms with Gasteiger partial charge in [0.25, 0.3) is 0 Å². The Labute approximate surface area is 366 Å². The lowest BCUT2D eigenvalue weighted by atomic mass is 9.92. The molecule has 8 aromatic carbocycles. The number of hydrogen-bond donors (Lipinski definition) is 8. The SMILES string of the molecule is Oc1ccccc1Cc1cccc(Cc2cccc(Cc3cccc(Cc4cccc(Cc5cccc(Cc6cccc(Cc7ccccc7O)c6O)c5O)c4O)c3O)c2O)c1O. The molecule has 0 atom stereocenters. The van der Waals surface area contributed by atoms with Crippen molar-refractivity contribution in [1.82, 2.24) is 0 Å². The summed E-state index contributed by atoms with van der Waals surface area (Å²) in [6.45, 7) is 0. The highest BCUT2D eigenvalue weighted by molar-refractivity contribution is 5.55. The zero-order valence-electron chi connectivity index (χ0n) is 34.5. The lowest BCUT2D eigenvalue weighted by Gasteiger charge is -2.16. The fourth-order valence-corrected chi connectivity index (χ4v) is 8.34. The van der Waals surface area contributed by atoms with Gasteiger partial charge in [0.15, 0.2) is 0 Å². The molecule has 0 heterocycles. The molecule has 63 heavy (non-hydrogen) atoms. The summed E-state index contributed by atoms with van der Waals surface area (Å²) in [7, 11) is 0. The van der Waals surface area contributed by atoms with E-state index in [0.29, 0.717) is 90.7 Å². The molecule has 0 radical (unpaired) electrons. The van der Waals surface area contributed by atoms with E-state index in [1.807, 2.05) is 84.9 Å². The number of phenols is 8. The van der Waals surface area contributed by atoms with Crippen molar-refractivity contribution in [1.29, 1.82) is 0 Å². The van der Waals surface area contributed by atoms with Gasteiger partial charge in [0.1, 0.15) is 46.0 Å². The lowest BCUT2D eigenvalue weighted by Crippen LogP contribution is -1.99. The minimum Gasteiger partial charge on any atom is -0.508 e. The Bertz CT molecular complexity index is 2740. The van der Waals surface area contributed by atoms with Crippen LogP contribution in [0.5, 0.6) is 46.0 Å². The van der Waals surface area contributed by atoms with Crippen LogP contribution in [0.2, 0.25) is 0 Å². The maximum atomic E-state index is 11.5. The molecule has 0 unspecified atom stereocenters. The molecule has 8 N–H and O–H groups in total. The van der Waals surface area contributed by atoms with Crippen LogP contribution in [0.25, 0.3) is 0 Å². The first-order valence-corrected chi connectivity index (χ1v) is 20.9. The summed E-state index contributed by atoms with van der Waals surface area (Å²) in [4.78, 5) is 0. The Kier molecular flexibility index (Phi) is 12.2. The molecule has 8 rings (SSSR count). The van der Waals surface area contributed by atoms with E-state index in [1.54, 1.807) is 72.8 Å². The number of rotatable bonds is 14. The second-order valence-electron chi connectivity index (χ2n) is 16.0. The number of hydrogen-bond acceptors (Lipinski definition) is 8. The Morgan fingerprint density at radius 3 is 0.492 bits per heavy atom. The predicted molar refractivity (Wildman–Crippen MR) is 244 cm³/mol. The molecule has 8 heteroatoms. The minimum absolute atomic E-state index is 0.0554. The highest BCUT2D eigenvalue weighted by atomic mass is 16.3. The highest BCUT2D eigenvalue weighted by Crippen LogP contribution is 2.38. The van der Waals surface area contributed by atoms with Gasteiger partial charge < -0.3 is 40.9 Å². The molecule has 0 aliphatic rings. The Hall–Kier alpha value is -7.84. The smallest absolute Gasteiger partial charge is 0.122 e. The number of para-hydroxylation sites is 8. The van der Waals surface area contributed by atoms with Crippen LogP contribution in [-0.4, -0.2) is 40.9 Å². The van der Waals surface area contributed by atoms with Crippen molar-refractivity contribution < 1.29 is 40.9 Å². The van der Waals surface area contributed by atoms with Gasteiger partial charge in [0, 0.05) is 44.9 Å². The van der Waals surface area contributed by atoms with Gasteiger partial charge in [-0.25, -0.2) is 0 Å². The topological polar surface area (TPSA) is 162 Å². The zero-order valence-corrected chi connectivity index (χ0v) is 34.5. The first kappa shape index (κ1) is 41.9. The van der Waals surface area contributed by atoms with Crippen LogP contribution in [0, 0.1) is 0 Å². The van der Waals surface area contributed by atoms with Gasteiger partial charge in [-0.05, 0) is 90.0 Å². The molecule has 0 amide bonds. The van der Waals surface area contributed by atoms with Crippen LogP contribution in [0.1, 0.15) is 77.9 Å². The van der Waals surface area contributed by atoms with Crippen LogP contribution >= 0.6 is 0 Å². The Balaban J connectivity index is 0.965. The van der Waals surface area contributed by atoms with E-state index < -0.39 is 0 Å². The van der Waals surface area contributed by atoms with Crippen molar-refractivity contribution in [2.45, 2.75) is 44.9 Å². The fraction of sp³-hybridized carbons (Fsp3) is 0.127. The van der Waals surface area contributed by atoms with Gasteiger partial charge in [-0.2, -0.15) is 0 Å². The van der Waals surface area contributed by atoms with Crippen molar-refractivity contribution in [3.8, 4) is 46.0 Å². The van der Waals surface area contributed by atoms with Gasteiger partial charge in [-0.1, -0.05) is 146 Å². The molecule has 8 nitrogen and oxygen atoms in total. The van der Waals surface area contributed by atoms with E-state index in [0.717, 1.165) is 0 Å². The summed E-state index contributed by atoms with van der Waals surface area (Å²) >= 11 is 0. The third kappa shape index (κ3) is 9.26. The minimum atomic E-state index is 0.0554. The van der Waals surface area contributed by atoms with E-state index in [-0.39, 0.29) is 78.1 Å². The number of benzene rings is 8. The monoisotopic (exact) mass is 836 g/mol. The van der Waals surface area contributed by atoms with Crippen molar-refractivity contribution >= 4 is 0 Å². The van der Waals surface area contributed by atoms with Crippen LogP contribution in [-0.2, 0) is 44.9 Å². The van der Waals surface area contributed by atoms with Crippen molar-refractivity contribution in [3.05, 3.63) is 236 Å². The highest BCUT2D eigenvalue weighted by Gasteiger charge is 2.19. The summed E-state index contributed by atoms with van der Waals surface area (Å²) in [6, 6.07) is 46.7. The predicted octanol–water partition coefficient (Wildman–Crippen LogP) is 10.5. The van der Waals surface area contributed by atoms with E-state index in [2.05, 4.69) is 0 Å². The fourth-order valence-electron chi connectivity index (χ4n) is 8.34. The molecule has 0 spiro atoms. The van der Waals surface area contributed by atoms with Gasteiger partial charge >= 0.3 is 0 Å². The molecule has 0 fully saturated rings. The van der Waals surface area contributed by atoms with E-state index in [9.17, 15) is 40.9 Å².